The second kappa shape index (κ2) is 8.16. The van der Waals surface area contributed by atoms with Crippen molar-refractivity contribution >= 4 is 41.0 Å². The average Bonchev–Trinajstić information content (AvgIpc) is 2.79. The molecule has 1 amide bonds. The number of esters is 1. The molecule has 0 bridgehead atoms. The minimum atomic E-state index is -0.589. The first-order chi connectivity index (χ1) is 12.5. The van der Waals surface area contributed by atoms with Gasteiger partial charge in [-0.25, -0.2) is 4.79 Å². The van der Waals surface area contributed by atoms with Gasteiger partial charge in [0.15, 0.2) is 0 Å². The van der Waals surface area contributed by atoms with Crippen molar-refractivity contribution in [1.82, 2.24) is 5.32 Å². The maximum Gasteiger partial charge on any atom is 0.492 e. The Morgan fingerprint density at radius 2 is 1.81 bits per heavy atom. The lowest BCUT2D eigenvalue weighted by Crippen LogP contribution is -2.41. The molecule has 1 aromatic carbocycles. The summed E-state index contributed by atoms with van der Waals surface area (Å²) in [7, 11) is 0.752. The highest BCUT2D eigenvalue weighted by atomic mass is 79.9. The van der Waals surface area contributed by atoms with E-state index in [1.54, 1.807) is 18.2 Å². The van der Waals surface area contributed by atoms with Gasteiger partial charge in [0.05, 0.1) is 23.9 Å². The number of methoxy groups -OCH3 is 1. The average molecular weight is 438 g/mol. The van der Waals surface area contributed by atoms with Gasteiger partial charge in [-0.2, -0.15) is 0 Å². The second-order valence-corrected chi connectivity index (χ2v) is 8.30. The number of benzene rings is 1. The Kier molecular flexibility index (Phi) is 6.55. The van der Waals surface area contributed by atoms with E-state index in [1.165, 1.54) is 14.0 Å². The van der Waals surface area contributed by atoms with Crippen molar-refractivity contribution < 1.29 is 23.6 Å². The Morgan fingerprint density at radius 3 is 2.30 bits per heavy atom. The fraction of sp³-hybridized carbons (Fsp3) is 0.474. The number of nitrogens with one attached hydrogen (secondary N) is 1. The van der Waals surface area contributed by atoms with Crippen molar-refractivity contribution in [3.05, 3.63) is 39.3 Å². The molecule has 1 aromatic rings. The number of amides is 1. The van der Waals surface area contributed by atoms with E-state index >= 15 is 0 Å². The number of carbonyl (C=O) groups excluding carboxylic acids is 2. The van der Waals surface area contributed by atoms with Crippen LogP contribution in [0.3, 0.4) is 0 Å². The second-order valence-electron chi connectivity index (χ2n) is 7.45. The normalized spacial score (nSPS) is 18.3. The minimum Gasteiger partial charge on any atom is -0.465 e. The molecule has 0 aliphatic carbocycles. The summed E-state index contributed by atoms with van der Waals surface area (Å²) in [5.74, 6) is -0.548. The van der Waals surface area contributed by atoms with Crippen molar-refractivity contribution in [2.45, 2.75) is 45.8 Å². The molecule has 1 fully saturated rings. The molecule has 1 aliphatic rings. The molecule has 0 unspecified atom stereocenters. The van der Waals surface area contributed by atoms with Crippen LogP contribution in [0.5, 0.6) is 0 Å². The number of ether oxygens (including phenoxy) is 1. The molecule has 1 N–H and O–H groups in total. The zero-order valence-electron chi connectivity index (χ0n) is 16.5. The van der Waals surface area contributed by atoms with E-state index in [0.29, 0.717) is 5.56 Å². The highest BCUT2D eigenvalue weighted by molar-refractivity contribution is 9.10. The van der Waals surface area contributed by atoms with Gasteiger partial charge in [-0.15, -0.1) is 0 Å². The van der Waals surface area contributed by atoms with Crippen molar-refractivity contribution in [3.8, 4) is 0 Å². The van der Waals surface area contributed by atoms with Gasteiger partial charge in [0.2, 0.25) is 5.91 Å². The lowest BCUT2D eigenvalue weighted by Gasteiger charge is -2.32. The first-order valence-electron chi connectivity index (χ1n) is 8.65. The minimum absolute atomic E-state index is 0.141. The topological polar surface area (TPSA) is 73.9 Å². The van der Waals surface area contributed by atoms with Crippen LogP contribution in [0, 0.1) is 0 Å². The van der Waals surface area contributed by atoms with Crippen LogP contribution in [0.2, 0.25) is 0 Å². The van der Waals surface area contributed by atoms with Gasteiger partial charge in [0, 0.05) is 17.9 Å². The van der Waals surface area contributed by atoms with E-state index in [2.05, 4.69) is 21.2 Å². The monoisotopic (exact) mass is 437 g/mol. The third-order valence-corrected chi connectivity index (χ3v) is 5.55. The van der Waals surface area contributed by atoms with Crippen molar-refractivity contribution in [2.24, 2.45) is 0 Å². The molecule has 8 heteroatoms. The van der Waals surface area contributed by atoms with Crippen LogP contribution in [-0.4, -0.2) is 43.9 Å². The van der Waals surface area contributed by atoms with Crippen LogP contribution in [0.15, 0.2) is 28.1 Å². The van der Waals surface area contributed by atoms with Gasteiger partial charge in [0.1, 0.15) is 0 Å². The highest BCUT2D eigenvalue weighted by Gasteiger charge is 2.52. The molecule has 6 nitrogen and oxygen atoms in total. The molecular weight excluding hydrogens is 413 g/mol. The summed E-state index contributed by atoms with van der Waals surface area (Å²) >= 11 is 3.49. The fourth-order valence-corrected chi connectivity index (χ4v) is 3.01. The molecule has 1 heterocycles. The Hall–Kier alpha value is -1.64. The van der Waals surface area contributed by atoms with E-state index in [1.807, 2.05) is 33.8 Å². The fourth-order valence-electron chi connectivity index (χ4n) is 2.51. The highest BCUT2D eigenvalue weighted by Crippen LogP contribution is 2.39. The molecule has 146 valence electrons. The van der Waals surface area contributed by atoms with Crippen LogP contribution in [0.25, 0.3) is 6.08 Å². The van der Waals surface area contributed by atoms with Crippen LogP contribution in [0.4, 0.5) is 0 Å². The number of halogens is 1. The zero-order valence-corrected chi connectivity index (χ0v) is 18.1. The lowest BCUT2D eigenvalue weighted by atomic mass is 9.77. The van der Waals surface area contributed by atoms with E-state index in [-0.39, 0.29) is 12.5 Å². The van der Waals surface area contributed by atoms with Gasteiger partial charge in [0.25, 0.3) is 0 Å². The van der Waals surface area contributed by atoms with Crippen molar-refractivity contribution in [2.75, 3.05) is 13.7 Å². The molecule has 1 aliphatic heterocycles. The van der Waals surface area contributed by atoms with Gasteiger partial charge < -0.3 is 19.4 Å². The summed E-state index contributed by atoms with van der Waals surface area (Å²) < 4.78 is 17.7. The van der Waals surface area contributed by atoms with Crippen LogP contribution in [-0.2, 0) is 18.8 Å². The molecule has 2 rings (SSSR count). The van der Waals surface area contributed by atoms with E-state index < -0.39 is 24.3 Å². The third-order valence-electron chi connectivity index (χ3n) is 4.86. The van der Waals surface area contributed by atoms with E-state index in [4.69, 9.17) is 14.0 Å². The van der Waals surface area contributed by atoms with Crippen LogP contribution >= 0.6 is 15.9 Å². The molecule has 0 atom stereocenters. The van der Waals surface area contributed by atoms with Gasteiger partial charge in [-0.1, -0.05) is 28.1 Å². The lowest BCUT2D eigenvalue weighted by molar-refractivity contribution is -0.118. The third kappa shape index (κ3) is 5.00. The summed E-state index contributed by atoms with van der Waals surface area (Å²) in [6, 6.07) is 5.18. The number of rotatable bonds is 5. The maximum absolute atomic E-state index is 11.7. The molecule has 1 saturated heterocycles. The maximum atomic E-state index is 11.7. The quantitative estimate of drug-likeness (QED) is 0.564. The predicted molar refractivity (Wildman–Crippen MR) is 108 cm³/mol. The smallest absolute Gasteiger partial charge is 0.465 e. The molecule has 0 saturated carbocycles. The molecular formula is C19H25BBrNO5. The van der Waals surface area contributed by atoms with E-state index in [0.717, 1.165) is 15.5 Å². The first-order valence-corrected chi connectivity index (χ1v) is 9.44. The largest absolute Gasteiger partial charge is 0.492 e. The Morgan fingerprint density at radius 1 is 1.22 bits per heavy atom. The van der Waals surface area contributed by atoms with E-state index in [9.17, 15) is 9.59 Å². The summed E-state index contributed by atoms with van der Waals surface area (Å²) in [6.07, 6.45) is 1.89. The summed E-state index contributed by atoms with van der Waals surface area (Å²) in [5.41, 5.74) is 1.08. The number of hydrogen-bond donors (Lipinski definition) is 1. The SMILES string of the molecule is COC(=O)c1ccc(C=C(CNC(C)=O)B2OC(C)(C)C(C)(C)O2)c(Br)c1. The standard InChI is InChI=1S/C19H25BBrNO5/c1-12(23)22-11-15(20-26-18(2,3)19(4,5)27-20)9-13-7-8-14(10-16(13)21)17(24)25-6/h7-10H,11H2,1-6H3,(H,22,23). The summed E-state index contributed by atoms with van der Waals surface area (Å²) in [4.78, 5) is 23.1. The number of hydrogen-bond acceptors (Lipinski definition) is 5. The summed E-state index contributed by atoms with van der Waals surface area (Å²) in [5, 5.41) is 2.80. The van der Waals surface area contributed by atoms with Crippen molar-refractivity contribution in [3.63, 3.8) is 0 Å². The predicted octanol–water partition coefficient (Wildman–Crippen LogP) is 3.39. The number of carbonyl (C=O) groups is 2. The van der Waals surface area contributed by atoms with Gasteiger partial charge in [-0.05, 0) is 50.9 Å². The van der Waals surface area contributed by atoms with Gasteiger partial charge >= 0.3 is 13.1 Å². The Bertz CT molecular complexity index is 759. The Labute approximate surface area is 168 Å². The Balaban J connectivity index is 2.37. The molecule has 27 heavy (non-hydrogen) atoms. The van der Waals surface area contributed by atoms with Crippen molar-refractivity contribution in [1.29, 1.82) is 0 Å². The van der Waals surface area contributed by atoms with Crippen LogP contribution in [0.1, 0.15) is 50.5 Å². The zero-order chi connectivity index (χ0) is 20.4. The molecule has 0 radical (unpaired) electrons. The van der Waals surface area contributed by atoms with Gasteiger partial charge in [-0.3, -0.25) is 4.79 Å². The molecule has 0 aromatic heterocycles. The molecule has 0 spiro atoms. The first kappa shape index (κ1) is 21.7. The summed E-state index contributed by atoms with van der Waals surface area (Å²) in [6.45, 7) is 9.66. The van der Waals surface area contributed by atoms with Crippen LogP contribution < -0.4 is 5.32 Å².